The van der Waals surface area contributed by atoms with Gasteiger partial charge in [0.15, 0.2) is 6.29 Å². The number of hydrogen-bond acceptors (Lipinski definition) is 4. The van der Waals surface area contributed by atoms with Crippen LogP contribution in [0, 0.1) is 13.8 Å². The summed E-state index contributed by atoms with van der Waals surface area (Å²) in [6.07, 6.45) is 0.710. The Morgan fingerprint density at radius 2 is 2.00 bits per heavy atom. The van der Waals surface area contributed by atoms with Crippen LogP contribution >= 0.6 is 23.4 Å². The first kappa shape index (κ1) is 14.0. The normalized spacial score (nSPS) is 10.5. The Morgan fingerprint density at radius 3 is 2.68 bits per heavy atom. The van der Waals surface area contributed by atoms with Gasteiger partial charge in [-0.3, -0.25) is 4.79 Å². The molecule has 98 valence electrons. The van der Waals surface area contributed by atoms with Gasteiger partial charge in [-0.2, -0.15) is 0 Å². The summed E-state index contributed by atoms with van der Waals surface area (Å²) in [6.45, 7) is 3.83. The van der Waals surface area contributed by atoms with Gasteiger partial charge in [-0.05, 0) is 25.0 Å². The molecule has 0 bridgehead atoms. The molecule has 3 nitrogen and oxygen atoms in total. The van der Waals surface area contributed by atoms with Crippen LogP contribution in [0.2, 0.25) is 5.15 Å². The number of nitrogens with zero attached hydrogens (tertiary/aromatic N) is 2. The van der Waals surface area contributed by atoms with E-state index >= 15 is 0 Å². The number of halogens is 1. The number of benzene rings is 1. The summed E-state index contributed by atoms with van der Waals surface area (Å²) >= 11 is 7.45. The van der Waals surface area contributed by atoms with Crippen molar-refractivity contribution in [1.82, 2.24) is 9.97 Å². The lowest BCUT2D eigenvalue weighted by molar-refractivity contribution is 0.112. The van der Waals surface area contributed by atoms with E-state index in [4.69, 9.17) is 11.6 Å². The number of aryl methyl sites for hydroxylation is 2. The third-order valence-electron chi connectivity index (χ3n) is 2.72. The summed E-state index contributed by atoms with van der Waals surface area (Å²) in [7, 11) is 0. The Morgan fingerprint density at radius 1 is 1.26 bits per heavy atom. The predicted molar refractivity (Wildman–Crippen MR) is 77.9 cm³/mol. The smallest absolute Gasteiger partial charge is 0.155 e. The molecular formula is C14H13ClN2OS. The second-order valence-corrected chi connectivity index (χ2v) is 5.44. The molecule has 0 amide bonds. The average molecular weight is 293 g/mol. The van der Waals surface area contributed by atoms with Gasteiger partial charge >= 0.3 is 0 Å². The number of aldehydes is 1. The zero-order chi connectivity index (χ0) is 13.8. The summed E-state index contributed by atoms with van der Waals surface area (Å²) in [5.74, 6) is 1.32. The van der Waals surface area contributed by atoms with E-state index in [1.54, 1.807) is 6.92 Å². The first-order valence-corrected chi connectivity index (χ1v) is 7.15. The summed E-state index contributed by atoms with van der Waals surface area (Å²) in [4.78, 5) is 19.3. The maximum Gasteiger partial charge on any atom is 0.155 e. The van der Waals surface area contributed by atoms with E-state index in [9.17, 15) is 4.79 Å². The zero-order valence-corrected chi connectivity index (χ0v) is 12.3. The Labute approximate surface area is 121 Å². The lowest BCUT2D eigenvalue weighted by Crippen LogP contribution is -1.98. The van der Waals surface area contributed by atoms with Gasteiger partial charge in [0.05, 0.1) is 5.56 Å². The fourth-order valence-electron chi connectivity index (χ4n) is 1.65. The second kappa shape index (κ2) is 6.17. The number of thioether (sulfide) groups is 1. The van der Waals surface area contributed by atoms with Crippen molar-refractivity contribution in [2.24, 2.45) is 0 Å². The molecule has 19 heavy (non-hydrogen) atoms. The summed E-state index contributed by atoms with van der Waals surface area (Å²) in [5.41, 5.74) is 2.81. The second-order valence-electron chi connectivity index (χ2n) is 4.11. The molecule has 0 saturated carbocycles. The Bertz CT molecular complexity index is 616. The van der Waals surface area contributed by atoms with Crippen LogP contribution in [0.25, 0.3) is 0 Å². The Balaban J connectivity index is 2.25. The van der Waals surface area contributed by atoms with E-state index in [1.807, 2.05) is 12.1 Å². The lowest BCUT2D eigenvalue weighted by Gasteiger charge is -2.08. The molecule has 1 heterocycles. The van der Waals surface area contributed by atoms with Gasteiger partial charge in [-0.25, -0.2) is 9.97 Å². The number of carbonyl (C=O) groups is 1. The molecule has 1 aromatic heterocycles. The van der Waals surface area contributed by atoms with Gasteiger partial charge in [0.1, 0.15) is 16.0 Å². The molecule has 0 saturated heterocycles. The largest absolute Gasteiger partial charge is 0.298 e. The average Bonchev–Trinajstić information content (AvgIpc) is 2.37. The van der Waals surface area contributed by atoms with Gasteiger partial charge in [-0.15, -0.1) is 11.8 Å². The highest BCUT2D eigenvalue weighted by molar-refractivity contribution is 7.98. The molecule has 0 fully saturated rings. The summed E-state index contributed by atoms with van der Waals surface area (Å²) < 4.78 is 0. The van der Waals surface area contributed by atoms with Crippen molar-refractivity contribution in [3.8, 4) is 0 Å². The van der Waals surface area contributed by atoms with Crippen LogP contribution in [-0.2, 0) is 5.75 Å². The topological polar surface area (TPSA) is 42.9 Å². The van der Waals surface area contributed by atoms with Crippen molar-refractivity contribution in [2.45, 2.75) is 24.6 Å². The standard InChI is InChI=1S/C14H13ClN2OS/c1-9-5-3-4-6-11(9)8-19-14-12(7-18)13(15)16-10(2)17-14/h3-7H,8H2,1-2H3. The third kappa shape index (κ3) is 3.33. The lowest BCUT2D eigenvalue weighted by atomic mass is 10.1. The monoisotopic (exact) mass is 292 g/mol. The van der Waals surface area contributed by atoms with Crippen LogP contribution in [0.5, 0.6) is 0 Å². The molecule has 2 rings (SSSR count). The maximum absolute atomic E-state index is 11.1. The molecule has 0 N–H and O–H groups in total. The molecule has 2 aromatic rings. The minimum Gasteiger partial charge on any atom is -0.298 e. The SMILES string of the molecule is Cc1nc(Cl)c(C=O)c(SCc2ccccc2C)n1. The highest BCUT2D eigenvalue weighted by atomic mass is 35.5. The fourth-order valence-corrected chi connectivity index (χ4v) is 3.08. The zero-order valence-electron chi connectivity index (χ0n) is 10.7. The van der Waals surface area contributed by atoms with Crippen LogP contribution in [0.15, 0.2) is 29.3 Å². The highest BCUT2D eigenvalue weighted by Crippen LogP contribution is 2.28. The first-order chi connectivity index (χ1) is 9.11. The van der Waals surface area contributed by atoms with E-state index in [-0.39, 0.29) is 5.15 Å². The summed E-state index contributed by atoms with van der Waals surface area (Å²) in [6, 6.07) is 8.14. The van der Waals surface area contributed by atoms with E-state index in [2.05, 4.69) is 29.0 Å². The number of carbonyl (C=O) groups excluding carboxylic acids is 1. The number of rotatable bonds is 4. The maximum atomic E-state index is 11.1. The van der Waals surface area contributed by atoms with E-state index in [0.29, 0.717) is 22.7 Å². The van der Waals surface area contributed by atoms with Gasteiger partial charge in [0, 0.05) is 5.75 Å². The van der Waals surface area contributed by atoms with Crippen molar-refractivity contribution >= 4 is 29.6 Å². The van der Waals surface area contributed by atoms with Crippen LogP contribution in [-0.4, -0.2) is 16.3 Å². The van der Waals surface area contributed by atoms with Gasteiger partial charge < -0.3 is 0 Å². The molecule has 0 aliphatic rings. The number of hydrogen-bond donors (Lipinski definition) is 0. The molecule has 1 aromatic carbocycles. The first-order valence-electron chi connectivity index (χ1n) is 5.78. The van der Waals surface area contributed by atoms with Crippen molar-refractivity contribution in [3.63, 3.8) is 0 Å². The van der Waals surface area contributed by atoms with Crippen molar-refractivity contribution in [3.05, 3.63) is 51.9 Å². The van der Waals surface area contributed by atoms with Crippen LogP contribution in [0.4, 0.5) is 0 Å². The predicted octanol–water partition coefficient (Wildman–Crippen LogP) is 3.85. The van der Waals surface area contributed by atoms with Crippen molar-refractivity contribution in [1.29, 1.82) is 0 Å². The molecule has 0 radical (unpaired) electrons. The van der Waals surface area contributed by atoms with Gasteiger partial charge in [0.25, 0.3) is 0 Å². The number of aromatic nitrogens is 2. The van der Waals surface area contributed by atoms with Crippen molar-refractivity contribution in [2.75, 3.05) is 0 Å². The van der Waals surface area contributed by atoms with Crippen LogP contribution < -0.4 is 0 Å². The Kier molecular flexibility index (Phi) is 4.56. The quantitative estimate of drug-likeness (QED) is 0.488. The minimum absolute atomic E-state index is 0.217. The van der Waals surface area contributed by atoms with Gasteiger partial charge in [-0.1, -0.05) is 35.9 Å². The van der Waals surface area contributed by atoms with Crippen molar-refractivity contribution < 1.29 is 4.79 Å². The molecular weight excluding hydrogens is 280 g/mol. The molecule has 0 aliphatic heterocycles. The van der Waals surface area contributed by atoms with Crippen LogP contribution in [0.1, 0.15) is 27.3 Å². The summed E-state index contributed by atoms with van der Waals surface area (Å²) in [5, 5.41) is 0.852. The van der Waals surface area contributed by atoms with Gasteiger partial charge in [0.2, 0.25) is 0 Å². The minimum atomic E-state index is 0.217. The highest BCUT2D eigenvalue weighted by Gasteiger charge is 2.12. The molecule has 0 spiro atoms. The van der Waals surface area contributed by atoms with E-state index < -0.39 is 0 Å². The molecule has 0 aliphatic carbocycles. The fraction of sp³-hybridized carbons (Fsp3) is 0.214. The molecule has 5 heteroatoms. The van der Waals surface area contributed by atoms with E-state index in [0.717, 1.165) is 5.75 Å². The van der Waals surface area contributed by atoms with E-state index in [1.165, 1.54) is 22.9 Å². The van der Waals surface area contributed by atoms with Crippen LogP contribution in [0.3, 0.4) is 0 Å². The third-order valence-corrected chi connectivity index (χ3v) is 4.05. The molecule has 0 atom stereocenters. The Hall–Kier alpha value is -1.39. The molecule has 0 unspecified atom stereocenters.